The maximum atomic E-state index is 12.5. The lowest BCUT2D eigenvalue weighted by Crippen LogP contribution is -2.47. The van der Waals surface area contributed by atoms with Gasteiger partial charge in [-0.05, 0) is 41.8 Å². The van der Waals surface area contributed by atoms with Gasteiger partial charge in [0.05, 0.1) is 17.3 Å². The van der Waals surface area contributed by atoms with Crippen LogP contribution < -0.4 is 15.5 Å². The Hall–Kier alpha value is -2.70. The number of amides is 2. The molecule has 1 aromatic heterocycles. The van der Waals surface area contributed by atoms with Gasteiger partial charge in [-0.25, -0.2) is 0 Å². The zero-order valence-corrected chi connectivity index (χ0v) is 16.4. The lowest BCUT2D eigenvalue weighted by atomic mass is 10.2. The first-order valence-corrected chi connectivity index (χ1v) is 9.60. The average molecular weight is 417 g/mol. The second-order valence-electron chi connectivity index (χ2n) is 6.63. The molecule has 0 atom stereocenters. The van der Waals surface area contributed by atoms with E-state index in [1.54, 1.807) is 12.1 Å². The Bertz CT molecular complexity index is 1060. The standard InChI is InChI=1S/C20H18Cl2N4O2/c21-14-2-1-13-5-7-25(18(13)9-14)12-20(28)24-15-3-4-17(16(22)10-15)26-8-6-23-19(27)11-26/h1-5,7,9-10H,6,8,11-12H2,(H,23,27)(H,24,28). The third-order valence-corrected chi connectivity index (χ3v) is 5.20. The van der Waals surface area contributed by atoms with Gasteiger partial charge in [-0.3, -0.25) is 9.59 Å². The number of hydrogen-bond acceptors (Lipinski definition) is 3. The van der Waals surface area contributed by atoms with Crippen molar-refractivity contribution in [3.05, 3.63) is 58.7 Å². The zero-order valence-electron chi connectivity index (χ0n) is 14.9. The van der Waals surface area contributed by atoms with Crippen LogP contribution in [0.3, 0.4) is 0 Å². The number of aromatic nitrogens is 1. The number of hydrogen-bond donors (Lipinski definition) is 2. The third-order valence-electron chi connectivity index (χ3n) is 4.66. The summed E-state index contributed by atoms with van der Waals surface area (Å²) >= 11 is 12.4. The number of benzene rings is 2. The molecule has 0 saturated carbocycles. The number of halogens is 2. The number of nitrogens with one attached hydrogen (secondary N) is 2. The lowest BCUT2D eigenvalue weighted by Gasteiger charge is -2.29. The van der Waals surface area contributed by atoms with Crippen molar-refractivity contribution in [2.75, 3.05) is 29.9 Å². The highest BCUT2D eigenvalue weighted by atomic mass is 35.5. The molecule has 2 aromatic carbocycles. The Morgan fingerprint density at radius 3 is 2.79 bits per heavy atom. The average Bonchev–Trinajstić information content (AvgIpc) is 3.03. The van der Waals surface area contributed by atoms with E-state index < -0.39 is 0 Å². The van der Waals surface area contributed by atoms with E-state index in [0.29, 0.717) is 28.8 Å². The van der Waals surface area contributed by atoms with Crippen molar-refractivity contribution in [3.63, 3.8) is 0 Å². The smallest absolute Gasteiger partial charge is 0.244 e. The van der Waals surface area contributed by atoms with Crippen molar-refractivity contribution in [3.8, 4) is 0 Å². The molecule has 144 valence electrons. The molecule has 1 fully saturated rings. The minimum Gasteiger partial charge on any atom is -0.359 e. The first-order valence-electron chi connectivity index (χ1n) is 8.85. The van der Waals surface area contributed by atoms with Gasteiger partial charge in [0.2, 0.25) is 11.8 Å². The third kappa shape index (κ3) is 3.93. The Kier molecular flexibility index (Phi) is 5.15. The summed E-state index contributed by atoms with van der Waals surface area (Å²) in [5.41, 5.74) is 2.29. The monoisotopic (exact) mass is 416 g/mol. The zero-order chi connectivity index (χ0) is 19.7. The molecule has 0 bridgehead atoms. The Morgan fingerprint density at radius 1 is 1.14 bits per heavy atom. The summed E-state index contributed by atoms with van der Waals surface area (Å²) in [4.78, 5) is 26.0. The van der Waals surface area contributed by atoms with E-state index in [4.69, 9.17) is 23.2 Å². The summed E-state index contributed by atoms with van der Waals surface area (Å²) in [6.07, 6.45) is 1.86. The predicted octanol–water partition coefficient (Wildman–Crippen LogP) is 3.52. The fourth-order valence-corrected chi connectivity index (χ4v) is 3.80. The van der Waals surface area contributed by atoms with Gasteiger partial charge in [0.15, 0.2) is 0 Å². The van der Waals surface area contributed by atoms with Crippen LogP contribution in [0.1, 0.15) is 0 Å². The van der Waals surface area contributed by atoms with Gasteiger partial charge in [0.25, 0.3) is 0 Å². The van der Waals surface area contributed by atoms with Crippen molar-refractivity contribution < 1.29 is 9.59 Å². The molecule has 1 saturated heterocycles. The van der Waals surface area contributed by atoms with Gasteiger partial charge >= 0.3 is 0 Å². The topological polar surface area (TPSA) is 66.4 Å². The molecule has 1 aliphatic heterocycles. The Labute approximate surface area is 172 Å². The molecule has 0 spiro atoms. The molecule has 2 N–H and O–H groups in total. The molecule has 0 aliphatic carbocycles. The largest absolute Gasteiger partial charge is 0.359 e. The van der Waals surface area contributed by atoms with Crippen molar-refractivity contribution in [2.24, 2.45) is 0 Å². The molecule has 8 heteroatoms. The second kappa shape index (κ2) is 7.73. The van der Waals surface area contributed by atoms with Crippen LogP contribution in [0.5, 0.6) is 0 Å². The summed E-state index contributed by atoms with van der Waals surface area (Å²) in [5.74, 6) is -0.197. The van der Waals surface area contributed by atoms with Gasteiger partial charge < -0.3 is 20.1 Å². The first kappa shape index (κ1) is 18.7. The molecule has 6 nitrogen and oxygen atoms in total. The SMILES string of the molecule is O=C1CN(c2ccc(NC(=O)Cn3ccc4ccc(Cl)cc43)cc2Cl)CCN1. The maximum absolute atomic E-state index is 12.5. The second-order valence-corrected chi connectivity index (χ2v) is 7.48. The Morgan fingerprint density at radius 2 is 2.00 bits per heavy atom. The van der Waals surface area contributed by atoms with Gasteiger partial charge in [-0.15, -0.1) is 0 Å². The number of anilines is 2. The summed E-state index contributed by atoms with van der Waals surface area (Å²) in [6.45, 7) is 1.72. The van der Waals surface area contributed by atoms with Crippen LogP contribution in [0.15, 0.2) is 48.7 Å². The van der Waals surface area contributed by atoms with Crippen LogP contribution in [0.4, 0.5) is 11.4 Å². The highest BCUT2D eigenvalue weighted by molar-refractivity contribution is 6.33. The fraction of sp³-hybridized carbons (Fsp3) is 0.200. The van der Waals surface area contributed by atoms with Crippen LogP contribution >= 0.6 is 23.2 Å². The first-order chi connectivity index (χ1) is 13.5. The molecule has 0 unspecified atom stereocenters. The van der Waals surface area contributed by atoms with Gasteiger partial charge in [-0.2, -0.15) is 0 Å². The molecule has 1 aliphatic rings. The van der Waals surface area contributed by atoms with E-state index in [-0.39, 0.29) is 24.9 Å². The van der Waals surface area contributed by atoms with Crippen LogP contribution in [-0.2, 0) is 16.1 Å². The molecular weight excluding hydrogens is 399 g/mol. The van der Waals surface area contributed by atoms with Gasteiger partial charge in [0.1, 0.15) is 6.54 Å². The molecule has 28 heavy (non-hydrogen) atoms. The highest BCUT2D eigenvalue weighted by Gasteiger charge is 2.19. The summed E-state index contributed by atoms with van der Waals surface area (Å²) in [5, 5.41) is 7.79. The summed E-state index contributed by atoms with van der Waals surface area (Å²) < 4.78 is 1.85. The molecule has 2 amide bonds. The highest BCUT2D eigenvalue weighted by Crippen LogP contribution is 2.29. The predicted molar refractivity (Wildman–Crippen MR) is 112 cm³/mol. The fourth-order valence-electron chi connectivity index (χ4n) is 3.34. The van der Waals surface area contributed by atoms with Crippen molar-refractivity contribution in [2.45, 2.75) is 6.54 Å². The van der Waals surface area contributed by atoms with Crippen LogP contribution in [0, 0.1) is 0 Å². The Balaban J connectivity index is 1.46. The minimum atomic E-state index is -0.168. The van der Waals surface area contributed by atoms with Crippen LogP contribution in [0.25, 0.3) is 10.9 Å². The number of nitrogens with zero attached hydrogens (tertiary/aromatic N) is 2. The molecule has 4 rings (SSSR count). The van der Waals surface area contributed by atoms with E-state index in [1.807, 2.05) is 46.0 Å². The van der Waals surface area contributed by atoms with Gasteiger partial charge in [-0.1, -0.05) is 29.3 Å². The van der Waals surface area contributed by atoms with E-state index in [0.717, 1.165) is 16.6 Å². The molecule has 0 radical (unpaired) electrons. The minimum absolute atomic E-state index is 0.0289. The van der Waals surface area contributed by atoms with Crippen LogP contribution in [0.2, 0.25) is 10.0 Å². The van der Waals surface area contributed by atoms with Crippen LogP contribution in [-0.4, -0.2) is 36.0 Å². The molecular formula is C20H18Cl2N4O2. The van der Waals surface area contributed by atoms with E-state index in [2.05, 4.69) is 10.6 Å². The summed E-state index contributed by atoms with van der Waals surface area (Å²) in [6, 6.07) is 12.8. The van der Waals surface area contributed by atoms with E-state index in [1.165, 1.54) is 0 Å². The summed E-state index contributed by atoms with van der Waals surface area (Å²) in [7, 11) is 0. The number of carbonyl (C=O) groups is 2. The maximum Gasteiger partial charge on any atom is 0.244 e. The van der Waals surface area contributed by atoms with Crippen molar-refractivity contribution in [1.82, 2.24) is 9.88 Å². The molecule has 2 heterocycles. The van der Waals surface area contributed by atoms with Gasteiger partial charge in [0, 0.05) is 35.5 Å². The molecule has 3 aromatic rings. The van der Waals surface area contributed by atoms with Crippen molar-refractivity contribution in [1.29, 1.82) is 0 Å². The van der Waals surface area contributed by atoms with E-state index in [9.17, 15) is 9.59 Å². The van der Waals surface area contributed by atoms with E-state index >= 15 is 0 Å². The van der Waals surface area contributed by atoms with Crippen molar-refractivity contribution >= 4 is 57.3 Å². The number of carbonyl (C=O) groups excluding carboxylic acids is 2. The lowest BCUT2D eigenvalue weighted by molar-refractivity contribution is -0.120. The normalized spacial score (nSPS) is 14.2. The number of piperazine rings is 1. The number of rotatable bonds is 4. The number of fused-ring (bicyclic) bond motifs is 1. The quantitative estimate of drug-likeness (QED) is 0.683.